The van der Waals surface area contributed by atoms with Crippen molar-refractivity contribution in [3.63, 3.8) is 0 Å². The number of nitrogens with two attached hydrogens (primary N) is 1. The fourth-order valence-corrected chi connectivity index (χ4v) is 0.525. The topological polar surface area (TPSA) is 26.0 Å². The van der Waals surface area contributed by atoms with Gasteiger partial charge in [-0.25, -0.2) is 0 Å². The van der Waals surface area contributed by atoms with Crippen LogP contribution in [-0.4, -0.2) is 0 Å². The molecule has 0 saturated carbocycles. The maximum atomic E-state index is 5.42. The lowest BCUT2D eigenvalue weighted by molar-refractivity contribution is 0.827. The molecule has 0 aliphatic heterocycles. The standard InChI is InChI=1S/C8H13N/c1-3-5-6-7-8(9)4-2/h3H,1-2,5-7,9H2. The van der Waals surface area contributed by atoms with Gasteiger partial charge in [0.1, 0.15) is 0 Å². The average molecular weight is 123 g/mol. The molecule has 0 atom stereocenters. The Morgan fingerprint density at radius 2 is 2.33 bits per heavy atom. The summed E-state index contributed by atoms with van der Waals surface area (Å²) >= 11 is 0. The molecule has 0 radical (unpaired) electrons. The maximum Gasteiger partial charge on any atom is 0.0505 e. The number of hydrogen-bond donors (Lipinski definition) is 1. The van der Waals surface area contributed by atoms with Crippen molar-refractivity contribution in [2.45, 2.75) is 19.3 Å². The van der Waals surface area contributed by atoms with Crippen LogP contribution in [0.4, 0.5) is 0 Å². The number of rotatable bonds is 4. The Morgan fingerprint density at radius 1 is 1.67 bits per heavy atom. The molecule has 0 aromatic carbocycles. The Bertz CT molecular complexity index is 130. The van der Waals surface area contributed by atoms with Crippen LogP contribution >= 0.6 is 0 Å². The van der Waals surface area contributed by atoms with Crippen molar-refractivity contribution in [3.8, 4) is 0 Å². The van der Waals surface area contributed by atoms with Gasteiger partial charge >= 0.3 is 0 Å². The summed E-state index contributed by atoms with van der Waals surface area (Å²) in [6.45, 7) is 7.02. The Kier molecular flexibility index (Phi) is 4.66. The minimum absolute atomic E-state index is 0.747. The van der Waals surface area contributed by atoms with Crippen molar-refractivity contribution in [1.82, 2.24) is 0 Å². The van der Waals surface area contributed by atoms with Crippen LogP contribution in [0, 0.1) is 0 Å². The highest BCUT2D eigenvalue weighted by Crippen LogP contribution is 1.99. The summed E-state index contributed by atoms with van der Waals surface area (Å²) in [5, 5.41) is 0. The number of allylic oxidation sites excluding steroid dienone is 2. The summed E-state index contributed by atoms with van der Waals surface area (Å²) in [7, 11) is 0. The first kappa shape index (κ1) is 8.06. The Morgan fingerprint density at radius 3 is 2.78 bits per heavy atom. The minimum atomic E-state index is 0.747. The Labute approximate surface area is 56.6 Å². The first-order valence-electron chi connectivity index (χ1n) is 3.06. The van der Waals surface area contributed by atoms with Gasteiger partial charge in [0.2, 0.25) is 0 Å². The molecular formula is C8H13N. The van der Waals surface area contributed by atoms with E-state index in [4.69, 9.17) is 5.73 Å². The molecule has 0 fully saturated rings. The van der Waals surface area contributed by atoms with E-state index < -0.39 is 0 Å². The monoisotopic (exact) mass is 123 g/mol. The highest BCUT2D eigenvalue weighted by atomic mass is 14.6. The molecule has 9 heavy (non-hydrogen) atoms. The molecule has 0 aromatic rings. The minimum Gasteiger partial charge on any atom is -0.396 e. The van der Waals surface area contributed by atoms with Gasteiger partial charge in [-0.2, -0.15) is 0 Å². The largest absolute Gasteiger partial charge is 0.396 e. The molecule has 0 aromatic heterocycles. The van der Waals surface area contributed by atoms with Crippen LogP contribution < -0.4 is 5.73 Å². The fourth-order valence-electron chi connectivity index (χ4n) is 0.525. The zero-order valence-electron chi connectivity index (χ0n) is 5.69. The smallest absolute Gasteiger partial charge is 0.0505 e. The summed E-state index contributed by atoms with van der Waals surface area (Å²) in [6, 6.07) is 0. The van der Waals surface area contributed by atoms with E-state index in [9.17, 15) is 0 Å². The molecule has 0 saturated heterocycles. The van der Waals surface area contributed by atoms with Gasteiger partial charge in [-0.1, -0.05) is 12.7 Å². The number of hydrogen-bond acceptors (Lipinski definition) is 1. The van der Waals surface area contributed by atoms with Crippen LogP contribution in [0.15, 0.2) is 30.7 Å². The average Bonchev–Trinajstić information content (AvgIpc) is 1.89. The van der Waals surface area contributed by atoms with Crippen molar-refractivity contribution < 1.29 is 0 Å². The molecule has 0 bridgehead atoms. The zero-order chi connectivity index (χ0) is 7.11. The summed E-state index contributed by atoms with van der Waals surface area (Å²) < 4.78 is 0. The van der Waals surface area contributed by atoms with Crippen LogP contribution in [0.3, 0.4) is 0 Å². The second kappa shape index (κ2) is 5.20. The quantitative estimate of drug-likeness (QED) is 0.345. The van der Waals surface area contributed by atoms with Crippen molar-refractivity contribution in [2.24, 2.45) is 5.73 Å². The van der Waals surface area contributed by atoms with Gasteiger partial charge in [0.25, 0.3) is 0 Å². The molecule has 0 amide bonds. The van der Waals surface area contributed by atoms with E-state index in [2.05, 4.69) is 18.9 Å². The van der Waals surface area contributed by atoms with Crippen molar-refractivity contribution in [3.05, 3.63) is 30.7 Å². The van der Waals surface area contributed by atoms with Gasteiger partial charge in [-0.05, 0) is 19.3 Å². The van der Waals surface area contributed by atoms with Crippen LogP contribution in [0.5, 0.6) is 0 Å². The second-order valence-electron chi connectivity index (χ2n) is 1.88. The first-order chi connectivity index (χ1) is 4.31. The number of unbranched alkanes of at least 4 members (excludes halogenated alkanes) is 1. The molecule has 1 nitrogen and oxygen atoms in total. The Balaban J connectivity index is 3.27. The molecule has 2 N–H and O–H groups in total. The van der Waals surface area contributed by atoms with Crippen molar-refractivity contribution >= 4 is 0 Å². The van der Waals surface area contributed by atoms with Gasteiger partial charge in [0, 0.05) is 0 Å². The maximum absolute atomic E-state index is 5.42. The predicted octanol–water partition coefficient (Wildman–Crippen LogP) is 1.97. The molecule has 0 aliphatic carbocycles. The summed E-state index contributed by atoms with van der Waals surface area (Å²) in [5.74, 6) is 0. The third-order valence-corrected chi connectivity index (χ3v) is 1.08. The van der Waals surface area contributed by atoms with Gasteiger partial charge in [0.15, 0.2) is 0 Å². The summed E-state index contributed by atoms with van der Waals surface area (Å²) in [5.41, 5.74) is 8.80. The zero-order valence-corrected chi connectivity index (χ0v) is 5.69. The third kappa shape index (κ3) is 4.92. The molecule has 0 aliphatic rings. The summed E-state index contributed by atoms with van der Waals surface area (Å²) in [6.07, 6.45) is 4.84. The lowest BCUT2D eigenvalue weighted by Gasteiger charge is -1.93. The normalized spacial score (nSPS) is 8.00. The molecule has 1 heteroatoms. The first-order valence-corrected chi connectivity index (χ1v) is 3.06. The van der Waals surface area contributed by atoms with E-state index in [0.717, 1.165) is 25.0 Å². The predicted molar refractivity (Wildman–Crippen MR) is 40.9 cm³/mol. The van der Waals surface area contributed by atoms with E-state index in [1.807, 2.05) is 6.08 Å². The molecule has 50 valence electrons. The van der Waals surface area contributed by atoms with Gasteiger partial charge in [-0.15, -0.1) is 12.3 Å². The van der Waals surface area contributed by atoms with E-state index in [1.54, 1.807) is 0 Å². The second-order valence-corrected chi connectivity index (χ2v) is 1.88. The molecule has 0 rings (SSSR count). The van der Waals surface area contributed by atoms with Gasteiger partial charge < -0.3 is 5.73 Å². The van der Waals surface area contributed by atoms with Crippen LogP contribution in [0.25, 0.3) is 0 Å². The lowest BCUT2D eigenvalue weighted by atomic mass is 10.2. The van der Waals surface area contributed by atoms with E-state index in [1.165, 1.54) is 0 Å². The fraction of sp³-hybridized carbons (Fsp3) is 0.375. The molecular weight excluding hydrogens is 110 g/mol. The van der Waals surface area contributed by atoms with Gasteiger partial charge in [0.05, 0.1) is 5.70 Å². The Hall–Kier alpha value is -0.940. The van der Waals surface area contributed by atoms with Crippen molar-refractivity contribution in [2.75, 3.05) is 0 Å². The molecule has 0 spiro atoms. The highest BCUT2D eigenvalue weighted by molar-refractivity contribution is 4.92. The van der Waals surface area contributed by atoms with E-state index in [0.29, 0.717) is 0 Å². The van der Waals surface area contributed by atoms with Gasteiger partial charge in [-0.3, -0.25) is 0 Å². The third-order valence-electron chi connectivity index (χ3n) is 1.08. The summed E-state index contributed by atoms with van der Waals surface area (Å²) in [4.78, 5) is 0. The molecule has 0 heterocycles. The van der Waals surface area contributed by atoms with E-state index in [-0.39, 0.29) is 0 Å². The molecule has 0 unspecified atom stereocenters. The highest BCUT2D eigenvalue weighted by Gasteiger charge is 1.85. The van der Waals surface area contributed by atoms with E-state index >= 15 is 0 Å². The van der Waals surface area contributed by atoms with Crippen LogP contribution in [0.1, 0.15) is 19.3 Å². The van der Waals surface area contributed by atoms with Crippen LogP contribution in [0.2, 0.25) is 0 Å². The van der Waals surface area contributed by atoms with Crippen LogP contribution in [-0.2, 0) is 0 Å². The SMILES string of the molecule is C=C=C(N)CCCC=C. The van der Waals surface area contributed by atoms with Crippen molar-refractivity contribution in [1.29, 1.82) is 0 Å². The lowest BCUT2D eigenvalue weighted by Crippen LogP contribution is -1.93.